The molecule has 1 amide bonds. The van der Waals surface area contributed by atoms with Gasteiger partial charge >= 0.3 is 0 Å². The lowest BCUT2D eigenvalue weighted by molar-refractivity contribution is -0.127. The standard InChI is InChI=1S/C23H23BrN4O2/c1-17-2-7-19(8-3-17)23-25-21(30-26-23)16-27-12-14-28(15-13-27)22(29)11-6-18-4-9-20(24)10-5-18/h2-11H,12-16H2,1H3/b11-6+. The van der Waals surface area contributed by atoms with Gasteiger partial charge in [-0.15, -0.1) is 0 Å². The predicted octanol–water partition coefficient (Wildman–Crippen LogP) is 4.17. The molecule has 7 heteroatoms. The minimum absolute atomic E-state index is 0.0389. The van der Waals surface area contributed by atoms with E-state index >= 15 is 0 Å². The van der Waals surface area contributed by atoms with Crippen LogP contribution in [0.1, 0.15) is 17.0 Å². The summed E-state index contributed by atoms with van der Waals surface area (Å²) >= 11 is 3.41. The first kappa shape index (κ1) is 20.5. The van der Waals surface area contributed by atoms with Crippen molar-refractivity contribution < 1.29 is 9.32 Å². The first-order valence-electron chi connectivity index (χ1n) is 9.91. The summed E-state index contributed by atoms with van der Waals surface area (Å²) in [6, 6.07) is 15.9. The van der Waals surface area contributed by atoms with E-state index in [1.807, 2.05) is 66.4 Å². The van der Waals surface area contributed by atoms with Gasteiger partial charge in [0.25, 0.3) is 0 Å². The maximum absolute atomic E-state index is 12.5. The van der Waals surface area contributed by atoms with Crippen molar-refractivity contribution >= 4 is 27.9 Å². The Bertz CT molecular complexity index is 1020. The molecular weight excluding hydrogens is 444 g/mol. The van der Waals surface area contributed by atoms with Crippen LogP contribution in [0, 0.1) is 6.92 Å². The van der Waals surface area contributed by atoms with Gasteiger partial charge in [0, 0.05) is 42.3 Å². The van der Waals surface area contributed by atoms with Crippen molar-refractivity contribution in [3.8, 4) is 11.4 Å². The van der Waals surface area contributed by atoms with E-state index in [1.54, 1.807) is 6.08 Å². The Morgan fingerprint density at radius 1 is 1.07 bits per heavy atom. The summed E-state index contributed by atoms with van der Waals surface area (Å²) in [6.45, 7) is 5.56. The molecule has 0 aliphatic carbocycles. The summed E-state index contributed by atoms with van der Waals surface area (Å²) in [7, 11) is 0. The highest BCUT2D eigenvalue weighted by Gasteiger charge is 2.21. The van der Waals surface area contributed by atoms with Crippen LogP contribution in [0.4, 0.5) is 0 Å². The molecule has 0 N–H and O–H groups in total. The molecule has 0 bridgehead atoms. The van der Waals surface area contributed by atoms with E-state index in [-0.39, 0.29) is 5.91 Å². The molecular formula is C23H23BrN4O2. The van der Waals surface area contributed by atoms with Gasteiger partial charge in [-0.05, 0) is 30.7 Å². The maximum atomic E-state index is 12.5. The first-order chi connectivity index (χ1) is 14.6. The second-order valence-corrected chi connectivity index (χ2v) is 8.28. The Balaban J connectivity index is 1.28. The first-order valence-corrected chi connectivity index (χ1v) is 10.7. The molecule has 0 saturated carbocycles. The third kappa shape index (κ3) is 5.23. The Morgan fingerprint density at radius 2 is 1.77 bits per heavy atom. The van der Waals surface area contributed by atoms with Crippen LogP contribution in [0.3, 0.4) is 0 Å². The molecule has 0 spiro atoms. The van der Waals surface area contributed by atoms with E-state index < -0.39 is 0 Å². The molecule has 0 atom stereocenters. The van der Waals surface area contributed by atoms with Gasteiger partial charge in [-0.1, -0.05) is 63.0 Å². The summed E-state index contributed by atoms with van der Waals surface area (Å²) in [5.41, 5.74) is 3.15. The summed E-state index contributed by atoms with van der Waals surface area (Å²) in [6.07, 6.45) is 3.50. The van der Waals surface area contributed by atoms with Gasteiger partial charge in [-0.2, -0.15) is 4.98 Å². The van der Waals surface area contributed by atoms with Crippen LogP contribution in [0.5, 0.6) is 0 Å². The Kier molecular flexibility index (Phi) is 6.40. The van der Waals surface area contributed by atoms with E-state index in [4.69, 9.17) is 4.52 Å². The fourth-order valence-electron chi connectivity index (χ4n) is 3.30. The van der Waals surface area contributed by atoms with Crippen LogP contribution in [0.15, 0.2) is 63.6 Å². The fourth-order valence-corrected chi connectivity index (χ4v) is 3.57. The van der Waals surface area contributed by atoms with Crippen molar-refractivity contribution in [3.63, 3.8) is 0 Å². The summed E-state index contributed by atoms with van der Waals surface area (Å²) in [5.74, 6) is 1.24. The van der Waals surface area contributed by atoms with Crippen molar-refractivity contribution in [1.29, 1.82) is 0 Å². The van der Waals surface area contributed by atoms with Gasteiger partial charge in [0.15, 0.2) is 0 Å². The van der Waals surface area contributed by atoms with Crippen molar-refractivity contribution in [1.82, 2.24) is 19.9 Å². The molecule has 154 valence electrons. The highest BCUT2D eigenvalue weighted by atomic mass is 79.9. The highest BCUT2D eigenvalue weighted by molar-refractivity contribution is 9.10. The molecule has 3 aromatic rings. The zero-order valence-electron chi connectivity index (χ0n) is 16.8. The lowest BCUT2D eigenvalue weighted by Gasteiger charge is -2.33. The molecule has 2 heterocycles. The number of carbonyl (C=O) groups excluding carboxylic acids is 1. The van der Waals surface area contributed by atoms with Crippen molar-refractivity contribution in [2.45, 2.75) is 13.5 Å². The number of nitrogens with zero attached hydrogens (tertiary/aromatic N) is 4. The number of halogens is 1. The highest BCUT2D eigenvalue weighted by Crippen LogP contribution is 2.17. The number of aryl methyl sites for hydroxylation is 1. The molecule has 1 saturated heterocycles. The van der Waals surface area contributed by atoms with Crippen LogP contribution in [0.2, 0.25) is 0 Å². The van der Waals surface area contributed by atoms with Gasteiger partial charge in [-0.3, -0.25) is 9.69 Å². The van der Waals surface area contributed by atoms with E-state index in [2.05, 4.69) is 31.0 Å². The smallest absolute Gasteiger partial charge is 0.246 e. The Hall–Kier alpha value is -2.77. The zero-order chi connectivity index (χ0) is 20.9. The molecule has 1 aliphatic rings. The number of carbonyl (C=O) groups is 1. The topological polar surface area (TPSA) is 62.5 Å². The summed E-state index contributed by atoms with van der Waals surface area (Å²) in [5, 5.41) is 4.09. The average Bonchev–Trinajstić information content (AvgIpc) is 3.22. The number of hydrogen-bond donors (Lipinski definition) is 0. The molecule has 1 aliphatic heterocycles. The number of hydrogen-bond acceptors (Lipinski definition) is 5. The van der Waals surface area contributed by atoms with Crippen LogP contribution in [0.25, 0.3) is 17.5 Å². The summed E-state index contributed by atoms with van der Waals surface area (Å²) in [4.78, 5) is 21.1. The van der Waals surface area contributed by atoms with Gasteiger partial charge in [-0.25, -0.2) is 0 Å². The maximum Gasteiger partial charge on any atom is 0.246 e. The normalized spacial score (nSPS) is 15.1. The van der Waals surface area contributed by atoms with Crippen LogP contribution in [-0.2, 0) is 11.3 Å². The van der Waals surface area contributed by atoms with Crippen LogP contribution in [-0.4, -0.2) is 52.0 Å². The zero-order valence-corrected chi connectivity index (χ0v) is 18.4. The van der Waals surface area contributed by atoms with Crippen molar-refractivity contribution in [2.75, 3.05) is 26.2 Å². The fraction of sp³-hybridized carbons (Fsp3) is 0.261. The van der Waals surface area contributed by atoms with E-state index in [9.17, 15) is 4.79 Å². The van der Waals surface area contributed by atoms with E-state index in [1.165, 1.54) is 5.56 Å². The number of rotatable bonds is 5. The number of piperazine rings is 1. The third-order valence-corrected chi connectivity index (χ3v) is 5.64. The minimum Gasteiger partial charge on any atom is -0.338 e. The number of amides is 1. The molecule has 1 fully saturated rings. The van der Waals surface area contributed by atoms with Crippen molar-refractivity contribution in [2.24, 2.45) is 0 Å². The van der Waals surface area contributed by atoms with E-state index in [0.717, 1.165) is 28.7 Å². The molecule has 30 heavy (non-hydrogen) atoms. The average molecular weight is 467 g/mol. The van der Waals surface area contributed by atoms with Gasteiger partial charge in [0.1, 0.15) is 0 Å². The SMILES string of the molecule is Cc1ccc(-c2noc(CN3CCN(C(=O)/C=C/c4ccc(Br)cc4)CC3)n2)cc1. The Morgan fingerprint density at radius 3 is 2.47 bits per heavy atom. The van der Waals surface area contributed by atoms with Gasteiger partial charge in [0.2, 0.25) is 17.6 Å². The largest absolute Gasteiger partial charge is 0.338 e. The molecule has 1 aromatic heterocycles. The monoisotopic (exact) mass is 466 g/mol. The van der Waals surface area contributed by atoms with Crippen LogP contribution < -0.4 is 0 Å². The quantitative estimate of drug-likeness (QED) is 0.528. The van der Waals surface area contributed by atoms with E-state index in [0.29, 0.717) is 31.3 Å². The minimum atomic E-state index is 0.0389. The lowest BCUT2D eigenvalue weighted by atomic mass is 10.1. The second kappa shape index (κ2) is 9.36. The lowest BCUT2D eigenvalue weighted by Crippen LogP contribution is -2.47. The third-order valence-electron chi connectivity index (χ3n) is 5.11. The molecule has 4 rings (SSSR count). The molecule has 0 radical (unpaired) electrons. The van der Waals surface area contributed by atoms with Crippen molar-refractivity contribution in [3.05, 3.63) is 76.1 Å². The molecule has 0 unspecified atom stereocenters. The second-order valence-electron chi connectivity index (χ2n) is 7.36. The predicted molar refractivity (Wildman–Crippen MR) is 120 cm³/mol. The van der Waals surface area contributed by atoms with Gasteiger partial charge < -0.3 is 9.42 Å². The number of benzene rings is 2. The summed E-state index contributed by atoms with van der Waals surface area (Å²) < 4.78 is 6.45. The Labute approximate surface area is 184 Å². The van der Waals surface area contributed by atoms with Gasteiger partial charge in [0.05, 0.1) is 6.54 Å². The molecule has 2 aromatic carbocycles. The number of aromatic nitrogens is 2. The molecule has 6 nitrogen and oxygen atoms in total. The van der Waals surface area contributed by atoms with Crippen LogP contribution >= 0.6 is 15.9 Å².